The maximum atomic E-state index is 12.3. The Morgan fingerprint density at radius 3 is 2.63 bits per heavy atom. The molecule has 2 aromatic heterocycles. The zero-order chi connectivity index (χ0) is 13.9. The van der Waals surface area contributed by atoms with E-state index in [1.54, 1.807) is 38.4 Å². The van der Waals surface area contributed by atoms with E-state index in [0.29, 0.717) is 17.1 Å². The molecular formula is C12H14N4O2S. The molecule has 6 nitrogen and oxygen atoms in total. The van der Waals surface area contributed by atoms with E-state index in [4.69, 9.17) is 0 Å². The van der Waals surface area contributed by atoms with Crippen molar-refractivity contribution in [2.45, 2.75) is 11.8 Å². The van der Waals surface area contributed by atoms with Gasteiger partial charge in [-0.3, -0.25) is 14.7 Å². The van der Waals surface area contributed by atoms with Crippen LogP contribution < -0.4 is 10.0 Å². The summed E-state index contributed by atoms with van der Waals surface area (Å²) in [4.78, 5) is 7.99. The molecule has 100 valence electrons. The van der Waals surface area contributed by atoms with Gasteiger partial charge in [0.2, 0.25) is 0 Å². The van der Waals surface area contributed by atoms with Crippen LogP contribution in [0.15, 0.2) is 41.7 Å². The summed E-state index contributed by atoms with van der Waals surface area (Å²) >= 11 is 0. The van der Waals surface area contributed by atoms with E-state index < -0.39 is 10.0 Å². The Bertz CT molecular complexity index is 686. The number of nitrogens with one attached hydrogen (secondary N) is 2. The summed E-state index contributed by atoms with van der Waals surface area (Å²) < 4.78 is 27.1. The SMILES string of the molecule is CNc1ccncc1S(=O)(=O)Nc1cccnc1C. The predicted octanol–water partition coefficient (Wildman–Crippen LogP) is 1.63. The molecule has 0 fully saturated rings. The van der Waals surface area contributed by atoms with Gasteiger partial charge in [0.25, 0.3) is 10.0 Å². The molecular weight excluding hydrogens is 264 g/mol. The minimum Gasteiger partial charge on any atom is -0.387 e. The molecule has 0 saturated heterocycles. The van der Waals surface area contributed by atoms with E-state index in [-0.39, 0.29) is 4.90 Å². The Morgan fingerprint density at radius 2 is 1.95 bits per heavy atom. The average molecular weight is 278 g/mol. The third-order valence-electron chi connectivity index (χ3n) is 2.59. The first-order chi connectivity index (χ1) is 9.04. The van der Waals surface area contributed by atoms with E-state index in [9.17, 15) is 8.42 Å². The second-order valence-corrected chi connectivity index (χ2v) is 5.51. The fourth-order valence-electron chi connectivity index (χ4n) is 1.59. The molecule has 19 heavy (non-hydrogen) atoms. The van der Waals surface area contributed by atoms with Gasteiger partial charge in [-0.25, -0.2) is 8.42 Å². The quantitative estimate of drug-likeness (QED) is 0.888. The van der Waals surface area contributed by atoms with Crippen molar-refractivity contribution in [3.63, 3.8) is 0 Å². The van der Waals surface area contributed by atoms with E-state index >= 15 is 0 Å². The number of aromatic nitrogens is 2. The van der Waals surface area contributed by atoms with E-state index in [1.165, 1.54) is 12.4 Å². The van der Waals surface area contributed by atoms with Crippen molar-refractivity contribution in [3.8, 4) is 0 Å². The van der Waals surface area contributed by atoms with Gasteiger partial charge in [0.05, 0.1) is 17.1 Å². The summed E-state index contributed by atoms with van der Waals surface area (Å²) in [7, 11) is -2.04. The molecule has 2 heterocycles. The van der Waals surface area contributed by atoms with Gasteiger partial charge < -0.3 is 5.32 Å². The minimum atomic E-state index is -3.69. The minimum absolute atomic E-state index is 0.0979. The summed E-state index contributed by atoms with van der Waals surface area (Å²) in [5, 5.41) is 2.83. The van der Waals surface area contributed by atoms with Gasteiger partial charge in [0.15, 0.2) is 0 Å². The van der Waals surface area contributed by atoms with E-state index in [2.05, 4.69) is 20.0 Å². The van der Waals surface area contributed by atoms with Crippen LogP contribution in [-0.2, 0) is 10.0 Å². The normalized spacial score (nSPS) is 11.1. The number of hydrogen-bond acceptors (Lipinski definition) is 5. The van der Waals surface area contributed by atoms with Gasteiger partial charge in [0, 0.05) is 25.6 Å². The highest BCUT2D eigenvalue weighted by Crippen LogP contribution is 2.22. The molecule has 2 rings (SSSR count). The van der Waals surface area contributed by atoms with Crippen molar-refractivity contribution in [2.75, 3.05) is 17.1 Å². The van der Waals surface area contributed by atoms with Crippen molar-refractivity contribution < 1.29 is 8.42 Å². The molecule has 2 aromatic rings. The van der Waals surface area contributed by atoms with Crippen LogP contribution in [0.1, 0.15) is 5.69 Å². The van der Waals surface area contributed by atoms with Gasteiger partial charge in [-0.1, -0.05) is 0 Å². The van der Waals surface area contributed by atoms with Crippen molar-refractivity contribution in [1.29, 1.82) is 0 Å². The largest absolute Gasteiger partial charge is 0.387 e. The zero-order valence-electron chi connectivity index (χ0n) is 10.6. The molecule has 2 N–H and O–H groups in total. The van der Waals surface area contributed by atoms with Crippen LogP contribution in [0.2, 0.25) is 0 Å². The molecule has 0 bridgehead atoms. The van der Waals surface area contributed by atoms with Crippen LogP contribution in [-0.4, -0.2) is 25.4 Å². The molecule has 0 aliphatic carbocycles. The number of aryl methyl sites for hydroxylation is 1. The number of anilines is 2. The van der Waals surface area contributed by atoms with Gasteiger partial charge >= 0.3 is 0 Å². The first-order valence-electron chi connectivity index (χ1n) is 5.61. The Labute approximate surface area is 112 Å². The molecule has 0 unspecified atom stereocenters. The Morgan fingerprint density at radius 1 is 1.16 bits per heavy atom. The van der Waals surface area contributed by atoms with Crippen molar-refractivity contribution >= 4 is 21.4 Å². The summed E-state index contributed by atoms with van der Waals surface area (Å²) in [6.07, 6.45) is 4.44. The summed E-state index contributed by atoms with van der Waals surface area (Å²) in [5.41, 5.74) is 1.55. The molecule has 7 heteroatoms. The zero-order valence-corrected chi connectivity index (χ0v) is 11.4. The lowest BCUT2D eigenvalue weighted by molar-refractivity contribution is 0.601. The predicted molar refractivity (Wildman–Crippen MR) is 73.6 cm³/mol. The number of hydrogen-bond donors (Lipinski definition) is 2. The fourth-order valence-corrected chi connectivity index (χ4v) is 2.87. The number of sulfonamides is 1. The highest BCUT2D eigenvalue weighted by Gasteiger charge is 2.19. The van der Waals surface area contributed by atoms with Crippen molar-refractivity contribution in [3.05, 3.63) is 42.5 Å². The molecule has 0 aliphatic rings. The average Bonchev–Trinajstić information content (AvgIpc) is 2.41. The van der Waals surface area contributed by atoms with Crippen LogP contribution in [0.25, 0.3) is 0 Å². The number of nitrogens with zero attached hydrogens (tertiary/aromatic N) is 2. The van der Waals surface area contributed by atoms with Crippen LogP contribution in [0.5, 0.6) is 0 Å². The Hall–Kier alpha value is -2.15. The Kier molecular flexibility index (Phi) is 3.66. The van der Waals surface area contributed by atoms with Gasteiger partial charge in [-0.05, 0) is 25.1 Å². The van der Waals surface area contributed by atoms with Gasteiger partial charge in [-0.15, -0.1) is 0 Å². The van der Waals surface area contributed by atoms with Crippen molar-refractivity contribution in [2.24, 2.45) is 0 Å². The second-order valence-electron chi connectivity index (χ2n) is 3.86. The third kappa shape index (κ3) is 2.82. The second kappa shape index (κ2) is 5.23. The maximum Gasteiger partial charge on any atom is 0.265 e. The highest BCUT2D eigenvalue weighted by atomic mass is 32.2. The standard InChI is InChI=1S/C12H14N4O2S/c1-9-10(4-3-6-15-9)16-19(17,18)12-8-14-7-5-11(12)13-2/h3-8,16H,1-2H3,(H,13,14). The van der Waals surface area contributed by atoms with Crippen LogP contribution in [0, 0.1) is 6.92 Å². The van der Waals surface area contributed by atoms with E-state index in [0.717, 1.165) is 0 Å². The lowest BCUT2D eigenvalue weighted by atomic mass is 10.3. The third-order valence-corrected chi connectivity index (χ3v) is 3.99. The molecule has 0 amide bonds. The lowest BCUT2D eigenvalue weighted by Gasteiger charge is -2.12. The summed E-state index contributed by atoms with van der Waals surface area (Å²) in [6.45, 7) is 1.74. The summed E-state index contributed by atoms with van der Waals surface area (Å²) in [5.74, 6) is 0. The lowest BCUT2D eigenvalue weighted by Crippen LogP contribution is -2.16. The van der Waals surface area contributed by atoms with Crippen LogP contribution in [0.4, 0.5) is 11.4 Å². The molecule has 0 saturated carbocycles. The molecule has 0 atom stereocenters. The molecule has 0 aromatic carbocycles. The first kappa shape index (κ1) is 13.3. The van der Waals surface area contributed by atoms with Crippen LogP contribution >= 0.6 is 0 Å². The van der Waals surface area contributed by atoms with Gasteiger partial charge in [-0.2, -0.15) is 0 Å². The molecule has 0 aliphatic heterocycles. The molecule has 0 radical (unpaired) electrons. The monoisotopic (exact) mass is 278 g/mol. The smallest absolute Gasteiger partial charge is 0.265 e. The number of pyridine rings is 2. The van der Waals surface area contributed by atoms with Crippen molar-refractivity contribution in [1.82, 2.24) is 9.97 Å². The first-order valence-corrected chi connectivity index (χ1v) is 7.09. The highest BCUT2D eigenvalue weighted by molar-refractivity contribution is 7.92. The number of rotatable bonds is 4. The Balaban J connectivity index is 2.41. The molecule has 0 spiro atoms. The maximum absolute atomic E-state index is 12.3. The summed E-state index contributed by atoms with van der Waals surface area (Å²) in [6, 6.07) is 4.94. The van der Waals surface area contributed by atoms with Crippen LogP contribution in [0.3, 0.4) is 0 Å². The topological polar surface area (TPSA) is 84.0 Å². The van der Waals surface area contributed by atoms with E-state index in [1.807, 2.05) is 0 Å². The van der Waals surface area contributed by atoms with Gasteiger partial charge in [0.1, 0.15) is 4.90 Å². The fraction of sp³-hybridized carbons (Fsp3) is 0.167.